The molecule has 108 valence electrons. The van der Waals surface area contributed by atoms with E-state index in [0.29, 0.717) is 17.0 Å². The third-order valence-corrected chi connectivity index (χ3v) is 4.84. The van der Waals surface area contributed by atoms with E-state index in [9.17, 15) is 4.39 Å². The maximum absolute atomic E-state index is 13.9. The highest BCUT2D eigenvalue weighted by Crippen LogP contribution is 2.28. The van der Waals surface area contributed by atoms with Gasteiger partial charge in [-0.25, -0.2) is 4.39 Å². The van der Waals surface area contributed by atoms with E-state index in [1.54, 1.807) is 23.5 Å². The molecular formula is C16H19ClFNS. The van der Waals surface area contributed by atoms with Crippen LogP contribution in [0, 0.1) is 5.82 Å². The van der Waals surface area contributed by atoms with E-state index in [0.717, 1.165) is 13.0 Å². The van der Waals surface area contributed by atoms with E-state index >= 15 is 0 Å². The summed E-state index contributed by atoms with van der Waals surface area (Å²) < 4.78 is 13.9. The summed E-state index contributed by atoms with van der Waals surface area (Å²) >= 11 is 7.60. The summed E-state index contributed by atoms with van der Waals surface area (Å²) in [6.45, 7) is 5.08. The van der Waals surface area contributed by atoms with Gasteiger partial charge in [0.25, 0.3) is 0 Å². The van der Waals surface area contributed by atoms with E-state index in [4.69, 9.17) is 11.6 Å². The van der Waals surface area contributed by atoms with Crippen molar-refractivity contribution in [3.8, 4) is 0 Å². The molecule has 1 atom stereocenters. The molecule has 1 N–H and O–H groups in total. The fourth-order valence-corrected chi connectivity index (χ4v) is 3.39. The lowest BCUT2D eigenvalue weighted by atomic mass is 10.0. The molecule has 0 aliphatic heterocycles. The lowest BCUT2D eigenvalue weighted by Gasteiger charge is -2.17. The zero-order valence-electron chi connectivity index (χ0n) is 11.7. The molecule has 1 unspecified atom stereocenters. The van der Waals surface area contributed by atoms with Crippen molar-refractivity contribution in [2.75, 3.05) is 6.54 Å². The van der Waals surface area contributed by atoms with Crippen molar-refractivity contribution in [2.45, 2.75) is 32.7 Å². The first-order valence-corrected chi connectivity index (χ1v) is 8.09. The van der Waals surface area contributed by atoms with E-state index in [2.05, 4.69) is 31.3 Å². The highest BCUT2D eigenvalue weighted by molar-refractivity contribution is 7.12. The fourth-order valence-electron chi connectivity index (χ4n) is 2.20. The summed E-state index contributed by atoms with van der Waals surface area (Å²) in [5.74, 6) is -0.229. The predicted octanol–water partition coefficient (Wildman–Crippen LogP) is 5.00. The van der Waals surface area contributed by atoms with Crippen LogP contribution in [0.1, 0.15) is 35.2 Å². The molecule has 0 radical (unpaired) electrons. The van der Waals surface area contributed by atoms with Crippen LogP contribution in [0.15, 0.2) is 30.3 Å². The van der Waals surface area contributed by atoms with Crippen molar-refractivity contribution < 1.29 is 4.39 Å². The zero-order chi connectivity index (χ0) is 14.5. The summed E-state index contributed by atoms with van der Waals surface area (Å²) in [5.41, 5.74) is 0.701. The van der Waals surface area contributed by atoms with Crippen LogP contribution in [0.3, 0.4) is 0 Å². The highest BCUT2D eigenvalue weighted by atomic mass is 35.5. The van der Waals surface area contributed by atoms with Crippen molar-refractivity contribution in [3.05, 3.63) is 56.5 Å². The Bertz CT molecular complexity index is 567. The molecule has 1 nitrogen and oxygen atoms in total. The quantitative estimate of drug-likeness (QED) is 0.792. The molecule has 0 spiro atoms. The third-order valence-electron chi connectivity index (χ3n) is 3.26. The number of hydrogen-bond donors (Lipinski definition) is 1. The van der Waals surface area contributed by atoms with Crippen LogP contribution in [0.2, 0.25) is 5.02 Å². The van der Waals surface area contributed by atoms with Crippen LogP contribution in [0.5, 0.6) is 0 Å². The van der Waals surface area contributed by atoms with Crippen molar-refractivity contribution in [2.24, 2.45) is 0 Å². The van der Waals surface area contributed by atoms with Crippen LogP contribution >= 0.6 is 22.9 Å². The summed E-state index contributed by atoms with van der Waals surface area (Å²) in [5, 5.41) is 3.88. The maximum Gasteiger partial charge on any atom is 0.127 e. The van der Waals surface area contributed by atoms with Gasteiger partial charge in [0.2, 0.25) is 0 Å². The first-order chi connectivity index (χ1) is 9.63. The monoisotopic (exact) mass is 311 g/mol. The van der Waals surface area contributed by atoms with Crippen LogP contribution in [0.25, 0.3) is 0 Å². The molecule has 0 bridgehead atoms. The number of nitrogens with one attached hydrogen (secondary N) is 1. The number of hydrogen-bond acceptors (Lipinski definition) is 2. The SMILES string of the molecule is CCNC(Cc1ccc(Cl)cc1F)c1ccc(CC)s1. The smallest absolute Gasteiger partial charge is 0.127 e. The number of rotatable bonds is 6. The minimum atomic E-state index is -0.229. The number of aryl methyl sites for hydroxylation is 1. The van der Waals surface area contributed by atoms with Crippen LogP contribution < -0.4 is 5.32 Å². The maximum atomic E-state index is 13.9. The molecular weight excluding hydrogens is 293 g/mol. The standard InChI is InChI=1S/C16H19ClFNS/c1-3-13-7-8-16(20-13)15(19-4-2)9-11-5-6-12(17)10-14(11)18/h5-8,10,15,19H,3-4,9H2,1-2H3. The van der Waals surface area contributed by atoms with Gasteiger partial charge in [-0.2, -0.15) is 0 Å². The Hall–Kier alpha value is -0.900. The van der Waals surface area contributed by atoms with Gasteiger partial charge in [0.05, 0.1) is 0 Å². The largest absolute Gasteiger partial charge is 0.309 e. The van der Waals surface area contributed by atoms with Gasteiger partial charge >= 0.3 is 0 Å². The second-order valence-corrected chi connectivity index (χ2v) is 6.34. The molecule has 2 rings (SSSR count). The highest BCUT2D eigenvalue weighted by Gasteiger charge is 2.15. The van der Waals surface area contributed by atoms with Gasteiger partial charge in [0.1, 0.15) is 5.82 Å². The molecule has 20 heavy (non-hydrogen) atoms. The van der Waals surface area contributed by atoms with E-state index in [1.165, 1.54) is 15.8 Å². The van der Waals surface area contributed by atoms with Crippen LogP contribution in [-0.2, 0) is 12.8 Å². The lowest BCUT2D eigenvalue weighted by Crippen LogP contribution is -2.22. The van der Waals surface area contributed by atoms with Crippen molar-refractivity contribution in [3.63, 3.8) is 0 Å². The Kier molecular flexibility index (Phi) is 5.58. The van der Waals surface area contributed by atoms with Crippen LogP contribution in [-0.4, -0.2) is 6.54 Å². The second-order valence-electron chi connectivity index (χ2n) is 4.71. The Morgan fingerprint density at radius 2 is 2.05 bits per heavy atom. The number of halogens is 2. The predicted molar refractivity (Wildman–Crippen MR) is 85.2 cm³/mol. The zero-order valence-corrected chi connectivity index (χ0v) is 13.3. The van der Waals surface area contributed by atoms with Gasteiger partial charge in [0, 0.05) is 20.8 Å². The summed E-state index contributed by atoms with van der Waals surface area (Å²) in [4.78, 5) is 2.62. The minimum Gasteiger partial charge on any atom is -0.309 e. The van der Waals surface area contributed by atoms with E-state index < -0.39 is 0 Å². The molecule has 0 fully saturated rings. The molecule has 0 amide bonds. The van der Waals surface area contributed by atoms with Crippen molar-refractivity contribution >= 4 is 22.9 Å². The normalized spacial score (nSPS) is 12.6. The van der Waals surface area contributed by atoms with Gasteiger partial charge in [-0.1, -0.05) is 31.5 Å². The number of thiophene rings is 1. The fraction of sp³-hybridized carbons (Fsp3) is 0.375. The van der Waals surface area contributed by atoms with E-state index in [-0.39, 0.29) is 11.9 Å². The molecule has 1 heterocycles. The second kappa shape index (κ2) is 7.21. The summed E-state index contributed by atoms with van der Waals surface area (Å²) in [6, 6.07) is 9.35. The van der Waals surface area contributed by atoms with Gasteiger partial charge in [-0.15, -0.1) is 11.3 Å². The third kappa shape index (κ3) is 3.81. The van der Waals surface area contributed by atoms with Crippen LogP contribution in [0.4, 0.5) is 4.39 Å². The topological polar surface area (TPSA) is 12.0 Å². The molecule has 0 aliphatic rings. The molecule has 4 heteroatoms. The minimum absolute atomic E-state index is 0.154. The Morgan fingerprint density at radius 3 is 2.65 bits per heavy atom. The first kappa shape index (κ1) is 15.5. The van der Waals surface area contributed by atoms with Gasteiger partial charge < -0.3 is 5.32 Å². The summed E-state index contributed by atoms with van der Waals surface area (Å²) in [7, 11) is 0. The molecule has 2 aromatic rings. The average molecular weight is 312 g/mol. The Labute approximate surface area is 128 Å². The molecule has 0 aliphatic carbocycles. The average Bonchev–Trinajstić information content (AvgIpc) is 2.90. The Balaban J connectivity index is 2.20. The molecule has 1 aromatic heterocycles. The molecule has 0 saturated carbocycles. The van der Waals surface area contributed by atoms with Gasteiger partial charge in [0.15, 0.2) is 0 Å². The summed E-state index contributed by atoms with van der Waals surface area (Å²) in [6.07, 6.45) is 1.68. The molecule has 0 saturated heterocycles. The van der Waals surface area contributed by atoms with Crippen molar-refractivity contribution in [1.29, 1.82) is 0 Å². The van der Waals surface area contributed by atoms with Crippen molar-refractivity contribution in [1.82, 2.24) is 5.32 Å². The first-order valence-electron chi connectivity index (χ1n) is 6.90. The number of likely N-dealkylation sites (N-methyl/N-ethyl adjacent to an activating group) is 1. The molecule has 1 aromatic carbocycles. The Morgan fingerprint density at radius 1 is 1.25 bits per heavy atom. The van der Waals surface area contributed by atoms with Gasteiger partial charge in [-0.3, -0.25) is 0 Å². The van der Waals surface area contributed by atoms with E-state index in [1.807, 2.05) is 0 Å². The van der Waals surface area contributed by atoms with Gasteiger partial charge in [-0.05, 0) is 49.2 Å². The number of benzene rings is 1. The lowest BCUT2D eigenvalue weighted by molar-refractivity contribution is 0.534.